The van der Waals surface area contributed by atoms with Crippen molar-refractivity contribution in [3.8, 4) is 6.07 Å². The highest BCUT2D eigenvalue weighted by atomic mass is 32.2. The summed E-state index contributed by atoms with van der Waals surface area (Å²) < 4.78 is 0.101. The molecule has 0 heterocycles. The first kappa shape index (κ1) is 22.9. The molecule has 5 nitrogen and oxygen atoms in total. The molecule has 112 valence electrons. The Bertz CT molecular complexity index is 265. The average Bonchev–Trinajstić information content (AvgIpc) is 2.23. The van der Waals surface area contributed by atoms with E-state index in [9.17, 15) is 4.79 Å². The molecule has 0 aliphatic heterocycles. The lowest BCUT2D eigenvalue weighted by Crippen LogP contribution is -2.27. The van der Waals surface area contributed by atoms with Crippen molar-refractivity contribution in [2.24, 2.45) is 11.7 Å². The fourth-order valence-corrected chi connectivity index (χ4v) is 1.14. The number of nitrogens with zero attached hydrogens (tertiary/aromatic N) is 1. The second-order valence-electron chi connectivity index (χ2n) is 5.20. The average molecular weight is 289 g/mol. The Kier molecular flexibility index (Phi) is 17.9. The summed E-state index contributed by atoms with van der Waals surface area (Å²) in [5.74, 6) is 1.18. The van der Waals surface area contributed by atoms with Gasteiger partial charge in [0, 0.05) is 4.75 Å². The first-order valence-corrected chi connectivity index (χ1v) is 7.02. The van der Waals surface area contributed by atoms with Crippen LogP contribution in [0.1, 0.15) is 41.5 Å². The van der Waals surface area contributed by atoms with Gasteiger partial charge in [-0.05, 0) is 5.92 Å². The number of nitrogens with two attached hydrogens (primary N) is 1. The maximum atomic E-state index is 11.0. The summed E-state index contributed by atoms with van der Waals surface area (Å²) in [5, 5.41) is 10.7. The van der Waals surface area contributed by atoms with Gasteiger partial charge in [-0.15, -0.1) is 11.8 Å². The number of thioether (sulfide) groups is 1. The molecule has 0 saturated carbocycles. The number of nitriles is 1. The van der Waals surface area contributed by atoms with E-state index in [1.165, 1.54) is 0 Å². The molecule has 3 N–H and O–H groups in total. The molecular formula is C13H27N3O2S. The molecule has 0 aromatic heterocycles. The van der Waals surface area contributed by atoms with Crippen molar-refractivity contribution >= 4 is 24.1 Å². The van der Waals surface area contributed by atoms with E-state index in [0.29, 0.717) is 5.75 Å². The minimum Gasteiger partial charge on any atom is -0.372 e. The van der Waals surface area contributed by atoms with E-state index in [-0.39, 0.29) is 23.6 Å². The van der Waals surface area contributed by atoms with Crippen molar-refractivity contribution in [1.29, 1.82) is 5.26 Å². The summed E-state index contributed by atoms with van der Waals surface area (Å²) in [5.41, 5.74) is 4.17. The van der Waals surface area contributed by atoms with Gasteiger partial charge in [0.05, 0.1) is 11.8 Å². The monoisotopic (exact) mass is 289 g/mol. The maximum absolute atomic E-state index is 11.0. The number of hydrogen-bond acceptors (Lipinski definition) is 4. The number of amides is 2. The van der Waals surface area contributed by atoms with E-state index in [1.807, 2.05) is 6.07 Å². The van der Waals surface area contributed by atoms with E-state index in [4.69, 9.17) is 10.1 Å². The van der Waals surface area contributed by atoms with Crippen LogP contribution in [0, 0.1) is 17.2 Å². The number of carbonyl (C=O) groups excluding carboxylic acids is 2. The zero-order chi connectivity index (χ0) is 15.9. The Balaban J connectivity index is -0.000000303. The maximum Gasteiger partial charge on any atom is 0.230 e. The van der Waals surface area contributed by atoms with Gasteiger partial charge in [0.25, 0.3) is 0 Å². The molecule has 6 heteroatoms. The van der Waals surface area contributed by atoms with Crippen LogP contribution in [0.3, 0.4) is 0 Å². The van der Waals surface area contributed by atoms with Gasteiger partial charge in [-0.25, -0.2) is 0 Å². The first-order chi connectivity index (χ1) is 8.60. The molecule has 0 rings (SSSR count). The van der Waals surface area contributed by atoms with E-state index in [1.54, 1.807) is 11.8 Å². The van der Waals surface area contributed by atoms with Crippen LogP contribution in [0.2, 0.25) is 0 Å². The topological polar surface area (TPSA) is 96.0 Å². The molecule has 19 heavy (non-hydrogen) atoms. The molecule has 0 aliphatic rings. The normalized spacial score (nSPS) is 9.16. The summed E-state index contributed by atoms with van der Waals surface area (Å²) in [6, 6.07) is 1.85. The number of hydrogen-bond donors (Lipinski definition) is 2. The van der Waals surface area contributed by atoms with Crippen LogP contribution in [0.15, 0.2) is 0 Å². The molecular weight excluding hydrogens is 262 g/mol. The number of rotatable bonds is 3. The standard InChI is InChI=1S/C8H14N2OS.C4H10.CH3NO/c1-8(2,3)12-6-7(11)10-5-4-9;1-4(2)3;2-1-3/h5-6H2,1-3H3,(H,10,11);4H,1-3H3;1H,(H2,2,3). The molecule has 2 amide bonds. The van der Waals surface area contributed by atoms with Gasteiger partial charge in [-0.1, -0.05) is 41.5 Å². The molecule has 0 atom stereocenters. The molecule has 0 fully saturated rings. The molecule has 0 spiro atoms. The van der Waals surface area contributed by atoms with Crippen molar-refractivity contribution in [1.82, 2.24) is 5.32 Å². The third-order valence-corrected chi connectivity index (χ3v) is 2.27. The lowest BCUT2D eigenvalue weighted by atomic mass is 10.3. The van der Waals surface area contributed by atoms with Gasteiger partial charge in [-0.2, -0.15) is 5.26 Å². The first-order valence-electron chi connectivity index (χ1n) is 6.03. The van der Waals surface area contributed by atoms with Crippen LogP contribution < -0.4 is 11.1 Å². The molecule has 0 aliphatic carbocycles. The number of primary amides is 1. The Hall–Kier alpha value is -1.22. The summed E-state index contributed by atoms with van der Waals surface area (Å²) >= 11 is 1.57. The lowest BCUT2D eigenvalue weighted by molar-refractivity contribution is -0.118. The fraction of sp³-hybridized carbons (Fsp3) is 0.769. The van der Waals surface area contributed by atoms with Crippen molar-refractivity contribution < 1.29 is 9.59 Å². The van der Waals surface area contributed by atoms with Crippen LogP contribution in [0.25, 0.3) is 0 Å². The van der Waals surface area contributed by atoms with Crippen molar-refractivity contribution in [2.45, 2.75) is 46.3 Å². The molecule has 0 aromatic carbocycles. The minimum absolute atomic E-state index is 0.0727. The van der Waals surface area contributed by atoms with Gasteiger partial charge >= 0.3 is 0 Å². The second-order valence-corrected chi connectivity index (χ2v) is 7.01. The highest BCUT2D eigenvalue weighted by Gasteiger charge is 2.12. The van der Waals surface area contributed by atoms with Gasteiger partial charge < -0.3 is 11.1 Å². The van der Waals surface area contributed by atoms with E-state index in [2.05, 4.69) is 52.6 Å². The zero-order valence-electron chi connectivity index (χ0n) is 12.8. The summed E-state index contributed by atoms with van der Waals surface area (Å²) in [6.45, 7) is 12.8. The third-order valence-electron chi connectivity index (χ3n) is 1.00. The molecule has 0 bridgehead atoms. The predicted octanol–water partition coefficient (Wildman–Crippen LogP) is 1.92. The number of nitrogens with one attached hydrogen (secondary N) is 1. The quantitative estimate of drug-likeness (QED) is 0.613. The molecule has 0 aromatic rings. The van der Waals surface area contributed by atoms with Crippen LogP contribution in [0.4, 0.5) is 0 Å². The van der Waals surface area contributed by atoms with Gasteiger partial charge in [-0.3, -0.25) is 9.59 Å². The van der Waals surface area contributed by atoms with Crippen molar-refractivity contribution in [3.05, 3.63) is 0 Å². The molecule has 0 saturated heterocycles. The number of carbonyl (C=O) groups is 2. The van der Waals surface area contributed by atoms with Crippen LogP contribution >= 0.6 is 11.8 Å². The lowest BCUT2D eigenvalue weighted by Gasteiger charge is -2.16. The highest BCUT2D eigenvalue weighted by Crippen LogP contribution is 2.22. The van der Waals surface area contributed by atoms with Crippen LogP contribution in [0.5, 0.6) is 0 Å². The van der Waals surface area contributed by atoms with E-state index < -0.39 is 0 Å². The van der Waals surface area contributed by atoms with Crippen molar-refractivity contribution in [2.75, 3.05) is 12.3 Å². The van der Waals surface area contributed by atoms with E-state index in [0.717, 1.165) is 5.92 Å². The van der Waals surface area contributed by atoms with Crippen molar-refractivity contribution in [3.63, 3.8) is 0 Å². The third kappa shape index (κ3) is 47.6. The van der Waals surface area contributed by atoms with Gasteiger partial charge in [0.1, 0.15) is 6.54 Å². The molecule has 0 unspecified atom stereocenters. The Labute approximate surface area is 121 Å². The predicted molar refractivity (Wildman–Crippen MR) is 81.6 cm³/mol. The Morgan fingerprint density at radius 3 is 2.05 bits per heavy atom. The van der Waals surface area contributed by atoms with Gasteiger partial charge in [0.2, 0.25) is 12.3 Å². The fourth-order valence-electron chi connectivity index (χ4n) is 0.471. The Morgan fingerprint density at radius 2 is 1.79 bits per heavy atom. The van der Waals surface area contributed by atoms with Gasteiger partial charge in [0.15, 0.2) is 0 Å². The summed E-state index contributed by atoms with van der Waals surface area (Å²) in [7, 11) is 0. The smallest absolute Gasteiger partial charge is 0.230 e. The Morgan fingerprint density at radius 1 is 1.42 bits per heavy atom. The minimum atomic E-state index is -0.0727. The second kappa shape index (κ2) is 14.8. The van der Waals surface area contributed by atoms with E-state index >= 15 is 0 Å². The van der Waals surface area contributed by atoms with Crippen LogP contribution in [-0.4, -0.2) is 29.4 Å². The summed E-state index contributed by atoms with van der Waals surface area (Å²) in [6.07, 6.45) is 0.250. The largest absolute Gasteiger partial charge is 0.372 e. The van der Waals surface area contributed by atoms with Crippen LogP contribution in [-0.2, 0) is 9.59 Å². The highest BCUT2D eigenvalue weighted by molar-refractivity contribution is 8.01. The zero-order valence-corrected chi connectivity index (χ0v) is 13.6. The summed E-state index contributed by atoms with van der Waals surface area (Å²) in [4.78, 5) is 19.5. The SMILES string of the molecule is CC(C)(C)SCC(=O)NCC#N.CC(C)C.NC=O. The molecule has 0 radical (unpaired) electrons.